The Kier molecular flexibility index (Phi) is 5.37. The molecule has 0 radical (unpaired) electrons. The molecule has 112 valence electrons. The third-order valence-corrected chi connectivity index (χ3v) is 3.41. The molecule has 0 heterocycles. The van der Waals surface area contributed by atoms with Gasteiger partial charge in [-0.15, -0.1) is 0 Å². The molecule has 0 aliphatic heterocycles. The Bertz CT molecular complexity index is 576. The van der Waals surface area contributed by atoms with Gasteiger partial charge in [-0.2, -0.15) is 0 Å². The lowest BCUT2D eigenvalue weighted by Gasteiger charge is -2.16. The van der Waals surface area contributed by atoms with E-state index < -0.39 is 6.10 Å². The number of aryl methyl sites for hydroxylation is 2. The highest BCUT2D eigenvalue weighted by Crippen LogP contribution is 2.32. The Labute approximate surface area is 125 Å². The molecule has 1 atom stereocenters. The molecule has 2 rings (SSSR count). The number of benzene rings is 2. The Hall–Kier alpha value is -1.84. The lowest BCUT2D eigenvalue weighted by Crippen LogP contribution is -2.02. The third kappa shape index (κ3) is 4.31. The summed E-state index contributed by atoms with van der Waals surface area (Å²) < 4.78 is 5.90. The van der Waals surface area contributed by atoms with Gasteiger partial charge in [0.25, 0.3) is 0 Å². The van der Waals surface area contributed by atoms with E-state index in [-0.39, 0.29) is 6.61 Å². The van der Waals surface area contributed by atoms with Gasteiger partial charge in [0.05, 0.1) is 6.10 Å². The number of ether oxygens (including phenoxy) is 1. The van der Waals surface area contributed by atoms with Crippen LogP contribution in [0.4, 0.5) is 0 Å². The first-order valence-electron chi connectivity index (χ1n) is 7.24. The van der Waals surface area contributed by atoms with E-state index >= 15 is 0 Å². The second-order valence-corrected chi connectivity index (χ2v) is 5.34. The summed E-state index contributed by atoms with van der Waals surface area (Å²) in [5.41, 5.74) is 3.02. The Morgan fingerprint density at radius 2 is 1.67 bits per heavy atom. The molecule has 0 saturated heterocycles. The fourth-order valence-corrected chi connectivity index (χ4v) is 2.19. The van der Waals surface area contributed by atoms with Crippen LogP contribution < -0.4 is 4.74 Å². The van der Waals surface area contributed by atoms with Crippen LogP contribution in [-0.2, 0) is 0 Å². The zero-order valence-corrected chi connectivity index (χ0v) is 12.5. The summed E-state index contributed by atoms with van der Waals surface area (Å²) in [6.07, 6.45) is 0.459. The van der Waals surface area contributed by atoms with E-state index in [1.807, 2.05) is 56.3 Å². The summed E-state index contributed by atoms with van der Waals surface area (Å²) in [5, 5.41) is 19.2. The lowest BCUT2D eigenvalue weighted by atomic mass is 10.0. The molecule has 2 N–H and O–H groups in total. The molecule has 0 aromatic heterocycles. The van der Waals surface area contributed by atoms with Crippen LogP contribution in [0.15, 0.2) is 42.5 Å². The van der Waals surface area contributed by atoms with Crippen molar-refractivity contribution in [2.75, 3.05) is 6.61 Å². The summed E-state index contributed by atoms with van der Waals surface area (Å²) >= 11 is 0. The van der Waals surface area contributed by atoms with Crippen LogP contribution in [0.1, 0.15) is 35.6 Å². The molecule has 0 aliphatic carbocycles. The number of hydrogen-bond donors (Lipinski definition) is 2. The first-order valence-corrected chi connectivity index (χ1v) is 7.24. The van der Waals surface area contributed by atoms with Gasteiger partial charge in [0.2, 0.25) is 0 Å². The monoisotopic (exact) mass is 286 g/mol. The summed E-state index contributed by atoms with van der Waals surface area (Å²) in [4.78, 5) is 0. The minimum Gasteiger partial charge on any atom is -0.457 e. The molecule has 0 spiro atoms. The fourth-order valence-electron chi connectivity index (χ4n) is 2.19. The molecule has 0 bridgehead atoms. The van der Waals surface area contributed by atoms with Crippen LogP contribution >= 0.6 is 0 Å². The van der Waals surface area contributed by atoms with Crippen LogP contribution in [0.3, 0.4) is 0 Å². The molecule has 2 aromatic rings. The molecule has 0 fully saturated rings. The van der Waals surface area contributed by atoms with Crippen LogP contribution in [0, 0.1) is 13.8 Å². The van der Waals surface area contributed by atoms with Crippen molar-refractivity contribution in [3.8, 4) is 11.5 Å². The summed E-state index contributed by atoms with van der Waals surface area (Å²) in [6.45, 7) is 4.09. The van der Waals surface area contributed by atoms with Gasteiger partial charge in [0.1, 0.15) is 11.5 Å². The number of hydrogen-bond acceptors (Lipinski definition) is 3. The minimum atomic E-state index is -0.627. The van der Waals surface area contributed by atoms with Crippen LogP contribution in [0.2, 0.25) is 0 Å². The van der Waals surface area contributed by atoms with Gasteiger partial charge >= 0.3 is 0 Å². The largest absolute Gasteiger partial charge is 0.457 e. The van der Waals surface area contributed by atoms with E-state index in [1.54, 1.807) is 0 Å². The topological polar surface area (TPSA) is 49.7 Å². The average molecular weight is 286 g/mol. The molecule has 0 aliphatic rings. The van der Waals surface area contributed by atoms with Crippen molar-refractivity contribution < 1.29 is 14.9 Å². The van der Waals surface area contributed by atoms with Gasteiger partial charge in [0, 0.05) is 12.2 Å². The predicted octanol–water partition coefficient (Wildman–Crippen LogP) is 3.90. The van der Waals surface area contributed by atoms with Crippen molar-refractivity contribution in [1.29, 1.82) is 0 Å². The van der Waals surface area contributed by atoms with Gasteiger partial charge in [-0.1, -0.05) is 29.3 Å². The van der Waals surface area contributed by atoms with Crippen LogP contribution in [-0.4, -0.2) is 16.8 Å². The van der Waals surface area contributed by atoms with Crippen molar-refractivity contribution >= 4 is 0 Å². The maximum atomic E-state index is 10.3. The number of aliphatic hydroxyl groups is 2. The molecular formula is C18H22O3. The molecular weight excluding hydrogens is 264 g/mol. The van der Waals surface area contributed by atoms with Crippen molar-refractivity contribution in [3.05, 3.63) is 59.2 Å². The molecule has 2 aromatic carbocycles. The average Bonchev–Trinajstić information content (AvgIpc) is 2.49. The molecule has 0 saturated carbocycles. The highest BCUT2D eigenvalue weighted by molar-refractivity contribution is 5.42. The van der Waals surface area contributed by atoms with E-state index in [0.29, 0.717) is 18.6 Å². The Balaban J connectivity index is 2.23. The van der Waals surface area contributed by atoms with E-state index in [2.05, 4.69) is 0 Å². The Morgan fingerprint density at radius 1 is 1.00 bits per heavy atom. The highest BCUT2D eigenvalue weighted by Gasteiger charge is 2.14. The minimum absolute atomic E-state index is 0.0804. The van der Waals surface area contributed by atoms with Gasteiger partial charge in [-0.05, 0) is 51.0 Å². The van der Waals surface area contributed by atoms with Gasteiger partial charge in [0.15, 0.2) is 0 Å². The second kappa shape index (κ2) is 7.25. The lowest BCUT2D eigenvalue weighted by molar-refractivity contribution is 0.149. The molecule has 21 heavy (non-hydrogen) atoms. The van der Waals surface area contributed by atoms with Crippen LogP contribution in [0.25, 0.3) is 0 Å². The highest BCUT2D eigenvalue weighted by atomic mass is 16.5. The van der Waals surface area contributed by atoms with E-state index in [4.69, 9.17) is 9.84 Å². The standard InChI is InChI=1S/C18H22O3/c1-13-5-8-15(9-6-13)21-18-10-7-14(2)12-16(18)17(20)4-3-11-19/h5-10,12,17,19-20H,3-4,11H2,1-2H3. The third-order valence-electron chi connectivity index (χ3n) is 3.41. The first kappa shape index (κ1) is 15.5. The summed E-state index contributed by atoms with van der Waals surface area (Å²) in [5.74, 6) is 1.41. The van der Waals surface area contributed by atoms with Crippen molar-refractivity contribution in [1.82, 2.24) is 0 Å². The van der Waals surface area contributed by atoms with Crippen LogP contribution in [0.5, 0.6) is 11.5 Å². The van der Waals surface area contributed by atoms with E-state index in [9.17, 15) is 5.11 Å². The van der Waals surface area contributed by atoms with E-state index in [1.165, 1.54) is 5.56 Å². The summed E-state index contributed by atoms with van der Waals surface area (Å²) in [7, 11) is 0. The molecule has 1 unspecified atom stereocenters. The number of rotatable bonds is 6. The van der Waals surface area contributed by atoms with Gasteiger partial charge < -0.3 is 14.9 Å². The zero-order valence-electron chi connectivity index (χ0n) is 12.5. The SMILES string of the molecule is Cc1ccc(Oc2ccc(C)cc2C(O)CCCO)cc1. The maximum Gasteiger partial charge on any atom is 0.133 e. The Morgan fingerprint density at radius 3 is 2.33 bits per heavy atom. The van der Waals surface area contributed by atoms with Crippen molar-refractivity contribution in [2.45, 2.75) is 32.8 Å². The fraction of sp³-hybridized carbons (Fsp3) is 0.333. The second-order valence-electron chi connectivity index (χ2n) is 5.34. The smallest absolute Gasteiger partial charge is 0.133 e. The number of aliphatic hydroxyl groups excluding tert-OH is 2. The quantitative estimate of drug-likeness (QED) is 0.846. The molecule has 3 heteroatoms. The van der Waals surface area contributed by atoms with Crippen molar-refractivity contribution in [2.24, 2.45) is 0 Å². The first-order chi connectivity index (χ1) is 10.1. The van der Waals surface area contributed by atoms with E-state index in [0.717, 1.165) is 16.9 Å². The molecule has 3 nitrogen and oxygen atoms in total. The maximum absolute atomic E-state index is 10.3. The normalized spacial score (nSPS) is 12.2. The predicted molar refractivity (Wildman–Crippen MR) is 83.7 cm³/mol. The van der Waals surface area contributed by atoms with Gasteiger partial charge in [-0.3, -0.25) is 0 Å². The summed E-state index contributed by atoms with van der Waals surface area (Å²) in [6, 6.07) is 13.6. The van der Waals surface area contributed by atoms with Crippen molar-refractivity contribution in [3.63, 3.8) is 0 Å². The zero-order chi connectivity index (χ0) is 15.2. The molecule has 0 amide bonds. The van der Waals surface area contributed by atoms with Gasteiger partial charge in [-0.25, -0.2) is 0 Å².